The Balaban J connectivity index is 1.13. The number of anilines is 6. The van der Waals surface area contributed by atoms with Crippen molar-refractivity contribution < 1.29 is 0 Å². The van der Waals surface area contributed by atoms with Gasteiger partial charge in [-0.3, -0.25) is 0 Å². The minimum atomic E-state index is 1.09. The fourth-order valence-corrected chi connectivity index (χ4v) is 9.41. The molecule has 0 fully saturated rings. The molecule has 0 saturated carbocycles. The molecule has 0 aliphatic carbocycles. The van der Waals surface area contributed by atoms with Gasteiger partial charge in [0.25, 0.3) is 0 Å². The Hall–Kier alpha value is -7.88. The Morgan fingerprint density at radius 1 is 0.254 bits per heavy atom. The van der Waals surface area contributed by atoms with Crippen LogP contribution in [0.25, 0.3) is 71.3 Å². The van der Waals surface area contributed by atoms with Crippen LogP contribution in [-0.4, -0.2) is 4.57 Å². The van der Waals surface area contributed by atoms with Crippen LogP contribution in [0.5, 0.6) is 0 Å². The van der Waals surface area contributed by atoms with Gasteiger partial charge in [-0.1, -0.05) is 146 Å². The van der Waals surface area contributed by atoms with E-state index in [1.807, 2.05) is 0 Å². The first-order valence-electron chi connectivity index (χ1n) is 20.3. The number of aromatic nitrogens is 1. The molecule has 0 amide bonds. The molecule has 0 spiro atoms. The summed E-state index contributed by atoms with van der Waals surface area (Å²) in [5, 5.41) is 7.30. The van der Waals surface area contributed by atoms with Crippen molar-refractivity contribution in [1.82, 2.24) is 4.57 Å². The van der Waals surface area contributed by atoms with Crippen LogP contribution in [0, 0.1) is 0 Å². The molecule has 10 aromatic carbocycles. The standard InChI is InChI=1S/C56H37N3/c1-3-26-48-38(14-1)16-11-30-51(48)57-44-22-7-18-40(34-44)42-20-9-24-46(36-42)58(47-25-10-21-43(37-47)41-19-8-23-45(57)35-41)54-32-13-33-55-56(54)50-28-5-6-29-53(50)59(55)52-31-12-17-39-15-2-4-27-49(39)52/h1-37H. The van der Waals surface area contributed by atoms with Crippen LogP contribution in [-0.2, 0) is 0 Å². The quantitative estimate of drug-likeness (QED) is 0.178. The molecule has 1 aromatic heterocycles. The van der Waals surface area contributed by atoms with E-state index in [1.54, 1.807) is 0 Å². The molecule has 2 heterocycles. The van der Waals surface area contributed by atoms with Crippen molar-refractivity contribution in [2.24, 2.45) is 0 Å². The number of hydrogen-bond acceptors (Lipinski definition) is 2. The van der Waals surface area contributed by atoms with Gasteiger partial charge in [0.1, 0.15) is 0 Å². The predicted octanol–water partition coefficient (Wildman–Crippen LogP) is 15.7. The predicted molar refractivity (Wildman–Crippen MR) is 250 cm³/mol. The summed E-state index contributed by atoms with van der Waals surface area (Å²) >= 11 is 0. The molecule has 0 saturated heterocycles. The lowest BCUT2D eigenvalue weighted by Gasteiger charge is -2.29. The van der Waals surface area contributed by atoms with Crippen LogP contribution < -0.4 is 9.80 Å². The summed E-state index contributed by atoms with van der Waals surface area (Å²) in [4.78, 5) is 4.87. The smallest absolute Gasteiger partial charge is 0.0562 e. The Morgan fingerprint density at radius 2 is 0.627 bits per heavy atom. The topological polar surface area (TPSA) is 11.4 Å². The third-order valence-electron chi connectivity index (χ3n) is 12.0. The zero-order chi connectivity index (χ0) is 38.9. The van der Waals surface area contributed by atoms with Crippen LogP contribution in [0.1, 0.15) is 0 Å². The lowest BCUT2D eigenvalue weighted by atomic mass is 9.99. The van der Waals surface area contributed by atoms with Gasteiger partial charge in [-0.25, -0.2) is 0 Å². The fraction of sp³-hybridized carbons (Fsp3) is 0. The van der Waals surface area contributed by atoms with Crippen LogP contribution in [0.4, 0.5) is 34.1 Å². The number of rotatable bonds is 3. The molecule has 11 aromatic rings. The third kappa shape index (κ3) is 5.36. The molecule has 1 aliphatic heterocycles. The second kappa shape index (κ2) is 13.4. The summed E-state index contributed by atoms with van der Waals surface area (Å²) in [5.74, 6) is 0. The van der Waals surface area contributed by atoms with Crippen LogP contribution >= 0.6 is 0 Å². The summed E-state index contributed by atoms with van der Waals surface area (Å²) in [5.41, 5.74) is 14.8. The monoisotopic (exact) mass is 751 g/mol. The van der Waals surface area contributed by atoms with Crippen LogP contribution in [0.3, 0.4) is 0 Å². The van der Waals surface area contributed by atoms with Crippen molar-refractivity contribution in [3.63, 3.8) is 0 Å². The average molecular weight is 752 g/mol. The molecule has 0 unspecified atom stereocenters. The molecule has 0 atom stereocenters. The highest BCUT2D eigenvalue weighted by Crippen LogP contribution is 2.47. The largest absolute Gasteiger partial charge is 0.310 e. The maximum absolute atomic E-state index is 2.46. The van der Waals surface area contributed by atoms with Crippen molar-refractivity contribution >= 4 is 77.5 Å². The van der Waals surface area contributed by atoms with E-state index >= 15 is 0 Å². The van der Waals surface area contributed by atoms with Crippen molar-refractivity contribution in [3.05, 3.63) is 224 Å². The zero-order valence-electron chi connectivity index (χ0n) is 32.2. The van der Waals surface area contributed by atoms with Gasteiger partial charge in [0, 0.05) is 44.3 Å². The zero-order valence-corrected chi connectivity index (χ0v) is 32.2. The van der Waals surface area contributed by atoms with E-state index in [-0.39, 0.29) is 0 Å². The Bertz CT molecular complexity index is 3330. The molecule has 0 N–H and O–H groups in total. The van der Waals surface area contributed by atoms with E-state index in [2.05, 4.69) is 239 Å². The van der Waals surface area contributed by atoms with Gasteiger partial charge in [-0.2, -0.15) is 0 Å². The maximum atomic E-state index is 2.46. The average Bonchev–Trinajstić information content (AvgIpc) is 3.64. The lowest BCUT2D eigenvalue weighted by Crippen LogP contribution is -2.12. The minimum Gasteiger partial charge on any atom is -0.310 e. The molecular weight excluding hydrogens is 715 g/mol. The van der Waals surface area contributed by atoms with Crippen LogP contribution in [0.15, 0.2) is 224 Å². The van der Waals surface area contributed by atoms with Gasteiger partial charge < -0.3 is 14.4 Å². The van der Waals surface area contributed by atoms with Crippen molar-refractivity contribution in [3.8, 4) is 27.9 Å². The SMILES string of the molecule is c1cc2cc(c1)N(c1cccc3ccccc13)c1cccc(c1)-c1cccc(c1)N(c1cccc3c1c1ccccc1n3-c1cccc3ccccc13)c1cccc-2c1. The number of hydrogen-bond donors (Lipinski definition) is 0. The Kier molecular flexibility index (Phi) is 7.54. The number of para-hydroxylation sites is 1. The number of benzene rings is 10. The highest BCUT2D eigenvalue weighted by atomic mass is 15.2. The third-order valence-corrected chi connectivity index (χ3v) is 12.0. The second-order valence-corrected chi connectivity index (χ2v) is 15.4. The minimum absolute atomic E-state index is 1.09. The first-order chi connectivity index (χ1) is 29.3. The molecule has 12 rings (SSSR count). The molecule has 3 nitrogen and oxygen atoms in total. The Labute approximate surface area is 342 Å². The molecule has 0 radical (unpaired) electrons. The van der Waals surface area contributed by atoms with Crippen molar-refractivity contribution in [1.29, 1.82) is 0 Å². The van der Waals surface area contributed by atoms with E-state index in [1.165, 1.54) is 49.0 Å². The highest BCUT2D eigenvalue weighted by molar-refractivity contribution is 6.17. The van der Waals surface area contributed by atoms with Gasteiger partial charge in [0.15, 0.2) is 0 Å². The highest BCUT2D eigenvalue weighted by Gasteiger charge is 2.23. The maximum Gasteiger partial charge on any atom is 0.0562 e. The summed E-state index contributed by atoms with van der Waals surface area (Å²) in [6.45, 7) is 0. The van der Waals surface area contributed by atoms with E-state index in [4.69, 9.17) is 0 Å². The van der Waals surface area contributed by atoms with Gasteiger partial charge in [0.05, 0.1) is 28.1 Å². The Morgan fingerprint density at radius 3 is 1.19 bits per heavy atom. The van der Waals surface area contributed by atoms with Gasteiger partial charge in [-0.15, -0.1) is 0 Å². The van der Waals surface area contributed by atoms with Crippen LogP contribution in [0.2, 0.25) is 0 Å². The van der Waals surface area contributed by atoms with E-state index in [0.717, 1.165) is 56.4 Å². The summed E-state index contributed by atoms with van der Waals surface area (Å²) in [6.07, 6.45) is 0. The molecular formula is C56H37N3. The number of fused-ring (bicyclic) bond motifs is 15. The van der Waals surface area contributed by atoms with E-state index < -0.39 is 0 Å². The first kappa shape index (κ1) is 33.3. The van der Waals surface area contributed by atoms with Gasteiger partial charge in [0.2, 0.25) is 0 Å². The first-order valence-corrected chi connectivity index (χ1v) is 20.3. The van der Waals surface area contributed by atoms with Crippen molar-refractivity contribution in [2.75, 3.05) is 9.80 Å². The lowest BCUT2D eigenvalue weighted by molar-refractivity contribution is 1.20. The van der Waals surface area contributed by atoms with Gasteiger partial charge in [-0.05, 0) is 112 Å². The number of nitrogens with zero attached hydrogens (tertiary/aromatic N) is 3. The van der Waals surface area contributed by atoms with E-state index in [0.29, 0.717) is 0 Å². The van der Waals surface area contributed by atoms with Crippen molar-refractivity contribution in [2.45, 2.75) is 0 Å². The molecule has 3 heteroatoms. The van der Waals surface area contributed by atoms with E-state index in [9.17, 15) is 0 Å². The second-order valence-electron chi connectivity index (χ2n) is 15.4. The normalized spacial score (nSPS) is 12.3. The molecule has 1 aliphatic rings. The fourth-order valence-electron chi connectivity index (χ4n) is 9.41. The summed E-state index contributed by atoms with van der Waals surface area (Å²) in [7, 11) is 0. The van der Waals surface area contributed by atoms with Gasteiger partial charge >= 0.3 is 0 Å². The summed E-state index contributed by atoms with van der Waals surface area (Å²) < 4.78 is 2.45. The molecule has 8 bridgehead atoms. The molecule has 276 valence electrons. The summed E-state index contributed by atoms with van der Waals surface area (Å²) in [6, 6.07) is 82.2. The molecule has 59 heavy (non-hydrogen) atoms.